The largest absolute Gasteiger partial charge is 0.411 e. The van der Waals surface area contributed by atoms with E-state index in [0.29, 0.717) is 12.3 Å². The van der Waals surface area contributed by atoms with Crippen molar-refractivity contribution in [2.45, 2.75) is 19.3 Å². The lowest BCUT2D eigenvalue weighted by Gasteiger charge is -2.14. The second-order valence-electron chi connectivity index (χ2n) is 4.92. The van der Waals surface area contributed by atoms with E-state index in [2.05, 4.69) is 10.5 Å². The summed E-state index contributed by atoms with van der Waals surface area (Å²) in [6, 6.07) is 0. The van der Waals surface area contributed by atoms with E-state index in [-0.39, 0.29) is 5.91 Å². The maximum atomic E-state index is 12.1. The van der Waals surface area contributed by atoms with Crippen LogP contribution in [0.25, 0.3) is 0 Å². The summed E-state index contributed by atoms with van der Waals surface area (Å²) in [5.41, 5.74) is 2.48. The molecular weight excluding hydrogens is 262 g/mol. The van der Waals surface area contributed by atoms with Crippen molar-refractivity contribution in [3.8, 4) is 0 Å². The van der Waals surface area contributed by atoms with Gasteiger partial charge < -0.3 is 15.4 Å². The first-order chi connectivity index (χ1) is 9.13. The highest BCUT2D eigenvalue weighted by molar-refractivity contribution is 7.12. The fourth-order valence-electron chi connectivity index (χ4n) is 2.19. The molecule has 2 N–H and O–H groups in total. The van der Waals surface area contributed by atoms with Gasteiger partial charge in [0.05, 0.1) is 16.2 Å². The summed E-state index contributed by atoms with van der Waals surface area (Å²) < 4.78 is 0. The van der Waals surface area contributed by atoms with Gasteiger partial charge in [0, 0.05) is 18.5 Å². The SMILES string of the molecule is CN(C)CCNC(=O)c1csc2c1CCC/C2=N/O. The fraction of sp³-hybridized carbons (Fsp3) is 0.538. The summed E-state index contributed by atoms with van der Waals surface area (Å²) >= 11 is 1.49. The molecule has 6 heteroatoms. The molecule has 0 unspecified atom stereocenters. The predicted molar refractivity (Wildman–Crippen MR) is 76.5 cm³/mol. The highest BCUT2D eigenvalue weighted by atomic mass is 32.1. The second-order valence-corrected chi connectivity index (χ2v) is 5.80. The van der Waals surface area contributed by atoms with Crippen molar-refractivity contribution in [2.75, 3.05) is 27.2 Å². The third-order valence-electron chi connectivity index (χ3n) is 3.21. The third-order valence-corrected chi connectivity index (χ3v) is 4.28. The number of amides is 1. The van der Waals surface area contributed by atoms with E-state index < -0.39 is 0 Å². The lowest BCUT2D eigenvalue weighted by Crippen LogP contribution is -2.31. The Labute approximate surface area is 116 Å². The van der Waals surface area contributed by atoms with Crippen LogP contribution in [0.1, 0.15) is 33.6 Å². The molecule has 0 spiro atoms. The summed E-state index contributed by atoms with van der Waals surface area (Å²) in [6.45, 7) is 1.46. The molecule has 19 heavy (non-hydrogen) atoms. The van der Waals surface area contributed by atoms with Crippen LogP contribution in [0.15, 0.2) is 10.5 Å². The van der Waals surface area contributed by atoms with E-state index in [9.17, 15) is 4.79 Å². The van der Waals surface area contributed by atoms with Crippen molar-refractivity contribution in [3.05, 3.63) is 21.4 Å². The molecule has 0 aromatic carbocycles. The molecule has 1 amide bonds. The predicted octanol–water partition coefficient (Wildman–Crippen LogP) is 1.55. The first-order valence-electron chi connectivity index (χ1n) is 6.38. The monoisotopic (exact) mass is 281 g/mol. The van der Waals surface area contributed by atoms with Crippen LogP contribution in [0.2, 0.25) is 0 Å². The van der Waals surface area contributed by atoms with E-state index in [4.69, 9.17) is 5.21 Å². The standard InChI is InChI=1S/C13H19N3O2S/c1-16(2)7-6-14-13(17)10-8-19-12-9(10)4-3-5-11(12)15-18/h8,18H,3-7H2,1-2H3,(H,14,17)/b15-11-. The van der Waals surface area contributed by atoms with Gasteiger partial charge in [0.1, 0.15) is 0 Å². The summed E-state index contributed by atoms with van der Waals surface area (Å²) in [4.78, 5) is 15.1. The molecule has 104 valence electrons. The lowest BCUT2D eigenvalue weighted by atomic mass is 9.94. The quantitative estimate of drug-likeness (QED) is 0.650. The maximum Gasteiger partial charge on any atom is 0.252 e. The van der Waals surface area contributed by atoms with E-state index in [1.165, 1.54) is 11.3 Å². The minimum Gasteiger partial charge on any atom is -0.411 e. The average molecular weight is 281 g/mol. The number of nitrogens with one attached hydrogen (secondary N) is 1. The van der Waals surface area contributed by atoms with Gasteiger partial charge in [0.2, 0.25) is 0 Å². The first-order valence-corrected chi connectivity index (χ1v) is 7.26. The minimum atomic E-state index is -0.0291. The number of carbonyl (C=O) groups is 1. The number of carbonyl (C=O) groups excluding carboxylic acids is 1. The summed E-state index contributed by atoms with van der Waals surface area (Å²) in [6.07, 6.45) is 2.60. The molecule has 0 saturated carbocycles. The van der Waals surface area contributed by atoms with Crippen LogP contribution in [0, 0.1) is 0 Å². The zero-order valence-electron chi connectivity index (χ0n) is 11.3. The number of hydrogen-bond donors (Lipinski definition) is 2. The zero-order valence-corrected chi connectivity index (χ0v) is 12.1. The lowest BCUT2D eigenvalue weighted by molar-refractivity contribution is 0.0950. The zero-order chi connectivity index (χ0) is 13.8. The molecule has 0 aliphatic heterocycles. The van der Waals surface area contributed by atoms with Gasteiger partial charge in [0.15, 0.2) is 0 Å². The minimum absolute atomic E-state index is 0.0291. The second kappa shape index (κ2) is 6.16. The van der Waals surface area contributed by atoms with E-state index >= 15 is 0 Å². The van der Waals surface area contributed by atoms with Crippen LogP contribution in [0.3, 0.4) is 0 Å². The van der Waals surface area contributed by atoms with Crippen LogP contribution in [-0.4, -0.2) is 48.9 Å². The molecular formula is C13H19N3O2S. The van der Waals surface area contributed by atoms with Crippen molar-refractivity contribution in [1.29, 1.82) is 0 Å². The molecule has 0 atom stereocenters. The van der Waals surface area contributed by atoms with Crippen molar-refractivity contribution in [1.82, 2.24) is 10.2 Å². The van der Waals surface area contributed by atoms with Gasteiger partial charge in [-0.25, -0.2) is 0 Å². The molecule has 1 aromatic rings. The van der Waals surface area contributed by atoms with Gasteiger partial charge in [-0.1, -0.05) is 5.16 Å². The summed E-state index contributed by atoms with van der Waals surface area (Å²) in [5, 5.41) is 17.1. The Kier molecular flexibility index (Phi) is 4.55. The summed E-state index contributed by atoms with van der Waals surface area (Å²) in [5.74, 6) is -0.0291. The number of hydrogen-bond acceptors (Lipinski definition) is 5. The Hall–Kier alpha value is -1.40. The number of nitrogens with zero attached hydrogens (tertiary/aromatic N) is 2. The molecule has 0 fully saturated rings. The van der Waals surface area contributed by atoms with Crippen molar-refractivity contribution >= 4 is 23.0 Å². The van der Waals surface area contributed by atoms with Gasteiger partial charge in [-0.2, -0.15) is 0 Å². The Balaban J connectivity index is 2.09. The maximum absolute atomic E-state index is 12.1. The molecule has 0 saturated heterocycles. The molecule has 2 rings (SSSR count). The number of likely N-dealkylation sites (N-methyl/N-ethyl adjacent to an activating group) is 1. The summed E-state index contributed by atoms with van der Waals surface area (Å²) in [7, 11) is 3.95. The highest BCUT2D eigenvalue weighted by Crippen LogP contribution is 2.30. The number of rotatable bonds is 4. The Morgan fingerprint density at radius 2 is 2.32 bits per heavy atom. The third kappa shape index (κ3) is 3.13. The first kappa shape index (κ1) is 14.0. The molecule has 0 radical (unpaired) electrons. The van der Waals surface area contributed by atoms with E-state index in [0.717, 1.165) is 41.8 Å². The van der Waals surface area contributed by atoms with Crippen LogP contribution < -0.4 is 5.32 Å². The van der Waals surface area contributed by atoms with E-state index in [1.807, 2.05) is 24.4 Å². The van der Waals surface area contributed by atoms with Gasteiger partial charge >= 0.3 is 0 Å². The normalized spacial score (nSPS) is 16.7. The van der Waals surface area contributed by atoms with Gasteiger partial charge in [0.25, 0.3) is 5.91 Å². The molecule has 1 aromatic heterocycles. The Morgan fingerprint density at radius 3 is 3.00 bits per heavy atom. The Morgan fingerprint density at radius 1 is 1.53 bits per heavy atom. The van der Waals surface area contributed by atoms with Gasteiger partial charge in [-0.3, -0.25) is 4.79 Å². The van der Waals surface area contributed by atoms with Crippen LogP contribution >= 0.6 is 11.3 Å². The molecule has 5 nitrogen and oxygen atoms in total. The number of thiophene rings is 1. The smallest absolute Gasteiger partial charge is 0.252 e. The van der Waals surface area contributed by atoms with Crippen molar-refractivity contribution in [3.63, 3.8) is 0 Å². The van der Waals surface area contributed by atoms with Crippen LogP contribution in [0.5, 0.6) is 0 Å². The number of oxime groups is 1. The van der Waals surface area contributed by atoms with Gasteiger partial charge in [-0.15, -0.1) is 11.3 Å². The topological polar surface area (TPSA) is 64.9 Å². The van der Waals surface area contributed by atoms with E-state index in [1.54, 1.807) is 0 Å². The van der Waals surface area contributed by atoms with Crippen LogP contribution in [0.4, 0.5) is 0 Å². The average Bonchev–Trinajstić information content (AvgIpc) is 2.81. The number of fused-ring (bicyclic) bond motifs is 1. The van der Waals surface area contributed by atoms with Crippen molar-refractivity contribution < 1.29 is 10.0 Å². The molecule has 1 aliphatic rings. The van der Waals surface area contributed by atoms with Gasteiger partial charge in [-0.05, 0) is 38.9 Å². The Bertz CT molecular complexity index is 494. The molecule has 1 aliphatic carbocycles. The van der Waals surface area contributed by atoms with Crippen molar-refractivity contribution in [2.24, 2.45) is 5.16 Å². The van der Waals surface area contributed by atoms with Crippen LogP contribution in [-0.2, 0) is 6.42 Å². The molecule has 1 heterocycles. The highest BCUT2D eigenvalue weighted by Gasteiger charge is 2.24. The fourth-order valence-corrected chi connectivity index (χ4v) is 3.31. The molecule has 0 bridgehead atoms.